The van der Waals surface area contributed by atoms with E-state index in [4.69, 9.17) is 4.74 Å². The number of ether oxygens (including phenoxy) is 1. The zero-order valence-corrected chi connectivity index (χ0v) is 14.8. The van der Waals surface area contributed by atoms with Crippen molar-refractivity contribution in [1.29, 1.82) is 0 Å². The summed E-state index contributed by atoms with van der Waals surface area (Å²) in [5.74, 6) is 0.637. The second kappa shape index (κ2) is 9.45. The van der Waals surface area contributed by atoms with Crippen molar-refractivity contribution in [2.45, 2.75) is 19.4 Å². The minimum absolute atomic E-state index is 0.0513. The van der Waals surface area contributed by atoms with Crippen LogP contribution >= 0.6 is 0 Å². The number of nitrogens with one attached hydrogen (secondary N) is 1. The Bertz CT molecular complexity index is 539. The number of piperazine rings is 1. The molecule has 0 radical (unpaired) electrons. The summed E-state index contributed by atoms with van der Waals surface area (Å²) in [6, 6.07) is 7.74. The van der Waals surface area contributed by atoms with Crippen molar-refractivity contribution in [3.63, 3.8) is 0 Å². The summed E-state index contributed by atoms with van der Waals surface area (Å²) in [4.78, 5) is 17.1. The van der Waals surface area contributed by atoms with Gasteiger partial charge < -0.3 is 15.0 Å². The van der Waals surface area contributed by atoms with Gasteiger partial charge in [0.1, 0.15) is 12.4 Å². The highest BCUT2D eigenvalue weighted by molar-refractivity contribution is 5.94. The molecule has 2 rings (SSSR count). The van der Waals surface area contributed by atoms with Crippen LogP contribution < -0.4 is 10.1 Å². The van der Waals surface area contributed by atoms with Gasteiger partial charge in [0.25, 0.3) is 5.91 Å². The van der Waals surface area contributed by atoms with Gasteiger partial charge in [0.05, 0.1) is 0 Å². The fourth-order valence-electron chi connectivity index (χ4n) is 2.82. The van der Waals surface area contributed by atoms with E-state index in [0.29, 0.717) is 30.5 Å². The van der Waals surface area contributed by atoms with E-state index < -0.39 is 0 Å². The van der Waals surface area contributed by atoms with Crippen LogP contribution in [0.3, 0.4) is 0 Å². The fraction of sp³-hybridized carbons (Fsp3) is 0.526. The van der Waals surface area contributed by atoms with Gasteiger partial charge in [0, 0.05) is 44.3 Å². The summed E-state index contributed by atoms with van der Waals surface area (Å²) in [5.41, 5.74) is 0.629. The van der Waals surface area contributed by atoms with Crippen LogP contribution in [-0.4, -0.2) is 68.1 Å². The van der Waals surface area contributed by atoms with Crippen LogP contribution in [0.1, 0.15) is 23.7 Å². The molecular weight excluding hydrogens is 302 g/mol. The topological polar surface area (TPSA) is 44.8 Å². The molecule has 1 saturated heterocycles. The van der Waals surface area contributed by atoms with Crippen LogP contribution in [0.2, 0.25) is 0 Å². The van der Waals surface area contributed by atoms with E-state index in [1.807, 2.05) is 12.1 Å². The number of carbonyl (C=O) groups is 1. The van der Waals surface area contributed by atoms with Crippen molar-refractivity contribution in [2.75, 3.05) is 46.4 Å². The molecule has 1 heterocycles. The molecule has 0 bridgehead atoms. The molecule has 1 N–H and O–H groups in total. The Morgan fingerprint density at radius 2 is 2.12 bits per heavy atom. The normalized spacial score (nSPS) is 17.2. The van der Waals surface area contributed by atoms with Crippen molar-refractivity contribution in [3.8, 4) is 5.75 Å². The predicted octanol–water partition coefficient (Wildman–Crippen LogP) is 2.01. The van der Waals surface area contributed by atoms with Crippen molar-refractivity contribution in [3.05, 3.63) is 42.5 Å². The van der Waals surface area contributed by atoms with E-state index in [2.05, 4.69) is 35.7 Å². The largest absolute Gasteiger partial charge is 0.490 e. The van der Waals surface area contributed by atoms with Crippen LogP contribution in [-0.2, 0) is 0 Å². The number of amides is 1. The molecule has 132 valence electrons. The average molecular weight is 331 g/mol. The van der Waals surface area contributed by atoms with E-state index in [9.17, 15) is 4.79 Å². The quantitative estimate of drug-likeness (QED) is 0.740. The first kappa shape index (κ1) is 18.5. The molecule has 1 atom stereocenters. The summed E-state index contributed by atoms with van der Waals surface area (Å²) >= 11 is 0. The van der Waals surface area contributed by atoms with Gasteiger partial charge in [-0.1, -0.05) is 18.7 Å². The Labute approximate surface area is 145 Å². The van der Waals surface area contributed by atoms with Gasteiger partial charge in [-0.05, 0) is 38.6 Å². The number of rotatable bonds is 8. The summed E-state index contributed by atoms with van der Waals surface area (Å²) in [6.45, 7) is 11.4. The highest BCUT2D eigenvalue weighted by Crippen LogP contribution is 2.13. The van der Waals surface area contributed by atoms with Crippen LogP contribution in [0.4, 0.5) is 0 Å². The lowest BCUT2D eigenvalue weighted by Crippen LogP contribution is -2.48. The number of nitrogens with zero attached hydrogens (tertiary/aromatic N) is 2. The summed E-state index contributed by atoms with van der Waals surface area (Å²) < 4.78 is 5.47. The van der Waals surface area contributed by atoms with E-state index in [-0.39, 0.29) is 5.91 Å². The summed E-state index contributed by atoms with van der Waals surface area (Å²) in [7, 11) is 2.16. The third-order valence-corrected chi connectivity index (χ3v) is 4.47. The average Bonchev–Trinajstić information content (AvgIpc) is 2.60. The number of hydrogen-bond acceptors (Lipinski definition) is 4. The minimum Gasteiger partial charge on any atom is -0.490 e. The summed E-state index contributed by atoms with van der Waals surface area (Å²) in [5, 5.41) is 3.01. The zero-order valence-electron chi connectivity index (χ0n) is 14.8. The Hall–Kier alpha value is -1.85. The molecule has 1 fully saturated rings. The van der Waals surface area contributed by atoms with Crippen LogP contribution in [0.25, 0.3) is 0 Å². The molecule has 5 heteroatoms. The Morgan fingerprint density at radius 1 is 1.38 bits per heavy atom. The van der Waals surface area contributed by atoms with Gasteiger partial charge in [0.2, 0.25) is 0 Å². The number of carbonyl (C=O) groups excluding carboxylic acids is 1. The molecule has 0 aliphatic carbocycles. The van der Waals surface area contributed by atoms with Gasteiger partial charge >= 0.3 is 0 Å². The number of benzene rings is 1. The summed E-state index contributed by atoms with van der Waals surface area (Å²) in [6.07, 6.45) is 2.65. The van der Waals surface area contributed by atoms with Gasteiger partial charge in [-0.25, -0.2) is 0 Å². The standard InChI is InChI=1S/C19H29N3O2/c1-4-14-24-18-7-5-6-17(15-18)19(23)20-9-8-16(2)22-12-10-21(3)11-13-22/h4-7,15-16H,1,8-14H2,2-3H3,(H,20,23). The van der Waals surface area contributed by atoms with Crippen LogP contribution in [0, 0.1) is 0 Å². The molecule has 1 aliphatic rings. The monoisotopic (exact) mass is 331 g/mol. The minimum atomic E-state index is -0.0513. The third kappa shape index (κ3) is 5.65. The van der Waals surface area contributed by atoms with E-state index >= 15 is 0 Å². The van der Waals surface area contributed by atoms with Crippen LogP contribution in [0.5, 0.6) is 5.75 Å². The van der Waals surface area contributed by atoms with Crippen molar-refractivity contribution in [2.24, 2.45) is 0 Å². The molecule has 1 unspecified atom stereocenters. The lowest BCUT2D eigenvalue weighted by Gasteiger charge is -2.36. The Balaban J connectivity index is 1.75. The third-order valence-electron chi connectivity index (χ3n) is 4.47. The molecule has 0 spiro atoms. The van der Waals surface area contributed by atoms with Gasteiger partial charge in [-0.15, -0.1) is 0 Å². The molecule has 5 nitrogen and oxygen atoms in total. The van der Waals surface area contributed by atoms with Gasteiger partial charge in [0.15, 0.2) is 0 Å². The molecule has 1 amide bonds. The Kier molecular flexibility index (Phi) is 7.28. The van der Waals surface area contributed by atoms with Gasteiger partial charge in [-0.2, -0.15) is 0 Å². The van der Waals surface area contributed by atoms with Crippen molar-refractivity contribution >= 4 is 5.91 Å². The maximum absolute atomic E-state index is 12.3. The van der Waals surface area contributed by atoms with Gasteiger partial charge in [-0.3, -0.25) is 9.69 Å². The molecule has 24 heavy (non-hydrogen) atoms. The Morgan fingerprint density at radius 3 is 2.83 bits per heavy atom. The van der Waals surface area contributed by atoms with E-state index in [1.54, 1.807) is 18.2 Å². The highest BCUT2D eigenvalue weighted by atomic mass is 16.5. The SMILES string of the molecule is C=CCOc1cccc(C(=O)NCCC(C)N2CCN(C)CC2)c1. The maximum Gasteiger partial charge on any atom is 0.251 e. The van der Waals surface area contributed by atoms with E-state index in [1.165, 1.54) is 0 Å². The predicted molar refractivity (Wildman–Crippen MR) is 97.6 cm³/mol. The maximum atomic E-state index is 12.3. The lowest BCUT2D eigenvalue weighted by atomic mass is 10.1. The second-order valence-corrected chi connectivity index (χ2v) is 6.36. The molecule has 0 saturated carbocycles. The van der Waals surface area contributed by atoms with Crippen molar-refractivity contribution in [1.82, 2.24) is 15.1 Å². The lowest BCUT2D eigenvalue weighted by molar-refractivity contribution is 0.0934. The number of likely N-dealkylation sites (N-methyl/N-ethyl adjacent to an activating group) is 1. The first-order valence-electron chi connectivity index (χ1n) is 8.64. The molecular formula is C19H29N3O2. The first-order valence-corrected chi connectivity index (χ1v) is 8.64. The van der Waals surface area contributed by atoms with Crippen LogP contribution in [0.15, 0.2) is 36.9 Å². The molecule has 1 aromatic carbocycles. The fourth-order valence-corrected chi connectivity index (χ4v) is 2.82. The first-order chi connectivity index (χ1) is 11.6. The second-order valence-electron chi connectivity index (χ2n) is 6.36. The zero-order chi connectivity index (χ0) is 17.4. The highest BCUT2D eigenvalue weighted by Gasteiger charge is 2.18. The molecule has 1 aliphatic heterocycles. The van der Waals surface area contributed by atoms with Crippen molar-refractivity contribution < 1.29 is 9.53 Å². The number of hydrogen-bond donors (Lipinski definition) is 1. The van der Waals surface area contributed by atoms with E-state index in [0.717, 1.165) is 32.6 Å². The molecule has 0 aromatic heterocycles. The smallest absolute Gasteiger partial charge is 0.251 e. The molecule has 1 aromatic rings.